The zero-order chi connectivity index (χ0) is 12.8. The Labute approximate surface area is 107 Å². The van der Waals surface area contributed by atoms with E-state index < -0.39 is 0 Å². The molecule has 0 aliphatic carbocycles. The van der Waals surface area contributed by atoms with Crippen molar-refractivity contribution in [3.05, 3.63) is 36.7 Å². The van der Waals surface area contributed by atoms with E-state index in [1.54, 1.807) is 11.0 Å². The monoisotopic (exact) mass is 246 g/mol. The molecule has 0 fully saturated rings. The summed E-state index contributed by atoms with van der Waals surface area (Å²) in [4.78, 5) is 4.14. The van der Waals surface area contributed by atoms with Crippen molar-refractivity contribution in [1.29, 1.82) is 0 Å². The maximum Gasteiger partial charge on any atom is 0.336 e. The molecule has 2 N–H and O–H groups in total. The first-order chi connectivity index (χ1) is 8.83. The average Bonchev–Trinajstić information content (AvgIpc) is 2.88. The number of rotatable bonds is 6. The molecule has 0 aliphatic heterocycles. The van der Waals surface area contributed by atoms with Crippen LogP contribution in [0.2, 0.25) is 0 Å². The second-order valence-corrected chi connectivity index (χ2v) is 4.07. The van der Waals surface area contributed by atoms with Gasteiger partial charge >= 0.3 is 6.01 Å². The molecule has 1 unspecified atom stereocenters. The zero-order valence-corrected chi connectivity index (χ0v) is 10.5. The first-order valence-corrected chi connectivity index (χ1v) is 6.17. The minimum Gasteiger partial charge on any atom is -0.458 e. The molecule has 2 rings (SSSR count). The Morgan fingerprint density at radius 1 is 1.33 bits per heavy atom. The molecule has 0 amide bonds. The second-order valence-electron chi connectivity index (χ2n) is 4.07. The van der Waals surface area contributed by atoms with Gasteiger partial charge in [0.2, 0.25) is 0 Å². The van der Waals surface area contributed by atoms with Crippen LogP contribution < -0.4 is 10.5 Å². The number of benzene rings is 1. The molecule has 1 aromatic carbocycles. The predicted molar refractivity (Wildman–Crippen MR) is 69.7 cm³/mol. The van der Waals surface area contributed by atoms with Crippen molar-refractivity contribution in [2.45, 2.75) is 25.9 Å². The van der Waals surface area contributed by atoms with Gasteiger partial charge in [-0.1, -0.05) is 31.5 Å². The lowest BCUT2D eigenvalue weighted by atomic mass is 10.2. The molecule has 5 nitrogen and oxygen atoms in total. The molecular formula is C13H18N4O. The standard InChI is InChI=1S/C13H18N4O/c1-2-6-12(9-14)18-13-15-10-17(16-13)11-7-4-3-5-8-11/h3-5,7-8,10,12H,2,6,9,14H2,1H3. The molecule has 5 heteroatoms. The van der Waals surface area contributed by atoms with E-state index in [1.165, 1.54) is 0 Å². The summed E-state index contributed by atoms with van der Waals surface area (Å²) in [6, 6.07) is 10.2. The smallest absolute Gasteiger partial charge is 0.336 e. The quantitative estimate of drug-likeness (QED) is 0.843. The van der Waals surface area contributed by atoms with Crippen molar-refractivity contribution in [2.75, 3.05) is 6.54 Å². The topological polar surface area (TPSA) is 66.0 Å². The van der Waals surface area contributed by atoms with Crippen LogP contribution in [0.3, 0.4) is 0 Å². The van der Waals surface area contributed by atoms with Gasteiger partial charge in [0, 0.05) is 6.54 Å². The normalized spacial score (nSPS) is 12.3. The Morgan fingerprint density at radius 2 is 2.11 bits per heavy atom. The molecule has 1 atom stereocenters. The highest BCUT2D eigenvalue weighted by molar-refractivity contribution is 5.29. The molecule has 0 spiro atoms. The Kier molecular flexibility index (Phi) is 4.30. The molecule has 1 aromatic heterocycles. The van der Waals surface area contributed by atoms with Gasteiger partial charge in [0.05, 0.1) is 5.69 Å². The van der Waals surface area contributed by atoms with Crippen LogP contribution >= 0.6 is 0 Å². The number of para-hydroxylation sites is 1. The molecule has 96 valence electrons. The predicted octanol–water partition coefficient (Wildman–Crippen LogP) is 1.77. The van der Waals surface area contributed by atoms with Gasteiger partial charge in [0.15, 0.2) is 0 Å². The second kappa shape index (κ2) is 6.16. The van der Waals surface area contributed by atoms with Gasteiger partial charge in [-0.15, -0.1) is 5.10 Å². The van der Waals surface area contributed by atoms with Crippen LogP contribution in [0.1, 0.15) is 19.8 Å². The van der Waals surface area contributed by atoms with Gasteiger partial charge in [-0.25, -0.2) is 4.68 Å². The molecule has 2 aromatic rings. The highest BCUT2D eigenvalue weighted by Gasteiger charge is 2.10. The molecule has 0 bridgehead atoms. The van der Waals surface area contributed by atoms with Crippen molar-refractivity contribution in [3.63, 3.8) is 0 Å². The number of ether oxygens (including phenoxy) is 1. The van der Waals surface area contributed by atoms with E-state index in [0.29, 0.717) is 12.6 Å². The van der Waals surface area contributed by atoms with Crippen molar-refractivity contribution in [3.8, 4) is 11.7 Å². The van der Waals surface area contributed by atoms with Crippen LogP contribution in [0.25, 0.3) is 5.69 Å². The van der Waals surface area contributed by atoms with Crippen molar-refractivity contribution in [1.82, 2.24) is 14.8 Å². The summed E-state index contributed by atoms with van der Waals surface area (Å²) in [5.74, 6) is 0. The molecule has 18 heavy (non-hydrogen) atoms. The first kappa shape index (κ1) is 12.6. The lowest BCUT2D eigenvalue weighted by Gasteiger charge is -2.12. The van der Waals surface area contributed by atoms with Crippen molar-refractivity contribution >= 4 is 0 Å². The average molecular weight is 246 g/mol. The van der Waals surface area contributed by atoms with E-state index >= 15 is 0 Å². The summed E-state index contributed by atoms with van der Waals surface area (Å²) >= 11 is 0. The SMILES string of the molecule is CCCC(CN)Oc1ncn(-c2ccccc2)n1. The number of aromatic nitrogens is 3. The Balaban J connectivity index is 2.06. The number of nitrogens with zero attached hydrogens (tertiary/aromatic N) is 3. The van der Waals surface area contributed by atoms with Gasteiger partial charge < -0.3 is 10.5 Å². The van der Waals surface area contributed by atoms with Crippen LogP contribution in [0.5, 0.6) is 6.01 Å². The summed E-state index contributed by atoms with van der Waals surface area (Å²) < 4.78 is 7.33. The van der Waals surface area contributed by atoms with E-state index in [-0.39, 0.29) is 6.10 Å². The third kappa shape index (κ3) is 3.07. The molecule has 1 heterocycles. The van der Waals surface area contributed by atoms with Gasteiger partial charge in [-0.3, -0.25) is 0 Å². The van der Waals surface area contributed by atoms with E-state index in [4.69, 9.17) is 10.5 Å². The minimum atomic E-state index is -0.0124. The fourth-order valence-corrected chi connectivity index (χ4v) is 1.70. The number of hydrogen-bond acceptors (Lipinski definition) is 4. The van der Waals surface area contributed by atoms with Crippen LogP contribution in [-0.2, 0) is 0 Å². The molecule has 0 saturated heterocycles. The molecule has 0 radical (unpaired) electrons. The van der Waals surface area contributed by atoms with Crippen LogP contribution in [0, 0.1) is 0 Å². The summed E-state index contributed by atoms with van der Waals surface area (Å²) in [5, 5.41) is 4.28. The summed E-state index contributed by atoms with van der Waals surface area (Å²) in [6.07, 6.45) is 3.57. The number of nitrogens with two attached hydrogens (primary N) is 1. The van der Waals surface area contributed by atoms with Gasteiger partial charge in [0.25, 0.3) is 0 Å². The van der Waals surface area contributed by atoms with E-state index in [2.05, 4.69) is 17.0 Å². The summed E-state index contributed by atoms with van der Waals surface area (Å²) in [5.41, 5.74) is 6.60. The fraction of sp³-hybridized carbons (Fsp3) is 0.385. The van der Waals surface area contributed by atoms with Gasteiger partial charge in [-0.2, -0.15) is 4.98 Å². The Bertz CT molecular complexity index is 469. The maximum atomic E-state index is 5.64. The zero-order valence-electron chi connectivity index (χ0n) is 10.5. The van der Waals surface area contributed by atoms with Gasteiger partial charge in [-0.05, 0) is 18.6 Å². The lowest BCUT2D eigenvalue weighted by Crippen LogP contribution is -2.26. The highest BCUT2D eigenvalue weighted by atomic mass is 16.5. The lowest BCUT2D eigenvalue weighted by molar-refractivity contribution is 0.181. The van der Waals surface area contributed by atoms with Crippen LogP contribution in [0.4, 0.5) is 0 Å². The summed E-state index contributed by atoms with van der Waals surface area (Å²) in [6.45, 7) is 2.58. The van der Waals surface area contributed by atoms with Crippen LogP contribution in [0.15, 0.2) is 36.7 Å². The third-order valence-electron chi connectivity index (χ3n) is 2.64. The van der Waals surface area contributed by atoms with Crippen molar-refractivity contribution < 1.29 is 4.74 Å². The maximum absolute atomic E-state index is 5.64. The third-order valence-corrected chi connectivity index (χ3v) is 2.64. The fourth-order valence-electron chi connectivity index (χ4n) is 1.70. The van der Waals surface area contributed by atoms with E-state index in [1.807, 2.05) is 30.3 Å². The van der Waals surface area contributed by atoms with Crippen molar-refractivity contribution in [2.24, 2.45) is 5.73 Å². The first-order valence-electron chi connectivity index (χ1n) is 6.17. The highest BCUT2D eigenvalue weighted by Crippen LogP contribution is 2.10. The Morgan fingerprint density at radius 3 is 2.78 bits per heavy atom. The van der Waals surface area contributed by atoms with E-state index in [9.17, 15) is 0 Å². The summed E-state index contributed by atoms with van der Waals surface area (Å²) in [7, 11) is 0. The Hall–Kier alpha value is -1.88. The van der Waals surface area contributed by atoms with Crippen LogP contribution in [-0.4, -0.2) is 27.4 Å². The van der Waals surface area contributed by atoms with Gasteiger partial charge in [0.1, 0.15) is 12.4 Å². The van der Waals surface area contributed by atoms with E-state index in [0.717, 1.165) is 18.5 Å². The molecule has 0 saturated carbocycles. The minimum absolute atomic E-state index is 0.0124. The largest absolute Gasteiger partial charge is 0.458 e. The molecule has 0 aliphatic rings. The number of hydrogen-bond donors (Lipinski definition) is 1. The molecular weight excluding hydrogens is 228 g/mol.